The number of hydrogen-bond acceptors (Lipinski definition) is 11. The van der Waals surface area contributed by atoms with E-state index in [-0.39, 0.29) is 30.1 Å². The molecule has 0 bridgehead atoms. The molecule has 2 aliphatic heterocycles. The minimum atomic E-state index is -0.635. The molecule has 276 valence electrons. The monoisotopic (exact) mass is 727 g/mol. The third-order valence-corrected chi connectivity index (χ3v) is 9.50. The zero-order chi connectivity index (χ0) is 37.4. The van der Waals surface area contributed by atoms with Crippen LogP contribution in [0.3, 0.4) is 0 Å². The second kappa shape index (κ2) is 16.4. The average Bonchev–Trinajstić information content (AvgIpc) is 3.73. The molecular weight excluding hydrogens is 687 g/mol. The normalized spacial score (nSPS) is 15.1. The Balaban J connectivity index is 0.790. The first-order chi connectivity index (χ1) is 26.3. The van der Waals surface area contributed by atoms with E-state index in [0.29, 0.717) is 43.3 Å². The molecule has 0 radical (unpaired) electrons. The molecule has 1 saturated heterocycles. The van der Waals surface area contributed by atoms with Gasteiger partial charge in [0.15, 0.2) is 5.82 Å². The minimum absolute atomic E-state index is 0.00512. The lowest BCUT2D eigenvalue weighted by Crippen LogP contribution is -2.52. The highest BCUT2D eigenvalue weighted by molar-refractivity contribution is 6.06. The molecule has 15 nitrogen and oxygen atoms in total. The number of hydrogen-bond donors (Lipinski definition) is 5. The van der Waals surface area contributed by atoms with Crippen LogP contribution in [0, 0.1) is 0 Å². The van der Waals surface area contributed by atoms with Gasteiger partial charge in [-0.05, 0) is 61.2 Å². The van der Waals surface area contributed by atoms with Gasteiger partial charge in [-0.3, -0.25) is 24.5 Å². The van der Waals surface area contributed by atoms with E-state index in [0.717, 1.165) is 66.0 Å². The molecule has 1 fully saturated rings. The van der Waals surface area contributed by atoms with Crippen LogP contribution in [-0.2, 0) is 27.5 Å². The Labute approximate surface area is 311 Å². The molecule has 6 N–H and O–H groups in total. The lowest BCUT2D eigenvalue weighted by molar-refractivity contribution is -0.137. The van der Waals surface area contributed by atoms with Crippen LogP contribution in [-0.4, -0.2) is 66.1 Å². The van der Waals surface area contributed by atoms with Gasteiger partial charge >= 0.3 is 0 Å². The minimum Gasteiger partial charge on any atom is -0.385 e. The molecule has 54 heavy (non-hydrogen) atoms. The van der Waals surface area contributed by atoms with Crippen LogP contribution in [0.5, 0.6) is 0 Å². The van der Waals surface area contributed by atoms with E-state index < -0.39 is 11.9 Å². The van der Waals surface area contributed by atoms with Crippen LogP contribution in [0.15, 0.2) is 84.9 Å². The van der Waals surface area contributed by atoms with E-state index in [2.05, 4.69) is 41.5 Å². The molecular formula is C39H41N11O4. The zero-order valence-electron chi connectivity index (χ0n) is 29.6. The Hall–Kier alpha value is -6.64. The van der Waals surface area contributed by atoms with Gasteiger partial charge in [-0.1, -0.05) is 61.4 Å². The zero-order valence-corrected chi connectivity index (χ0v) is 29.6. The molecule has 0 saturated carbocycles. The quantitative estimate of drug-likeness (QED) is 0.0751. The summed E-state index contributed by atoms with van der Waals surface area (Å²) in [6.07, 6.45) is 4.59. The maximum Gasteiger partial charge on any atom is 0.255 e. The molecule has 0 aliphatic carbocycles. The Morgan fingerprint density at radius 1 is 0.889 bits per heavy atom. The van der Waals surface area contributed by atoms with E-state index in [1.54, 1.807) is 17.0 Å². The molecule has 5 aromatic rings. The van der Waals surface area contributed by atoms with Crippen LogP contribution >= 0.6 is 0 Å². The van der Waals surface area contributed by atoms with Crippen molar-refractivity contribution < 1.29 is 19.2 Å². The van der Waals surface area contributed by atoms with Crippen molar-refractivity contribution in [3.63, 3.8) is 0 Å². The lowest BCUT2D eigenvalue weighted by atomic mass is 10.0. The number of unbranched alkanes of at least 4 members (excludes halogenated alkanes) is 3. The van der Waals surface area contributed by atoms with Crippen molar-refractivity contribution in [1.82, 2.24) is 40.5 Å². The molecule has 15 heteroatoms. The first kappa shape index (κ1) is 35.7. The summed E-state index contributed by atoms with van der Waals surface area (Å²) in [5, 5.41) is 24.9. The SMILES string of the molecule is Nc1nc(Nc2ccc(CNC(=O)CCCCCCNc3cccc4c3CN(C3CCC(=O)NC3=O)C4=O)cc2)nn1-c1ccc(-c2ccccc2)nn1. The third kappa shape index (κ3) is 8.36. The average molecular weight is 728 g/mol. The van der Waals surface area contributed by atoms with Crippen molar-refractivity contribution in [1.29, 1.82) is 0 Å². The summed E-state index contributed by atoms with van der Waals surface area (Å²) in [6.45, 7) is 1.48. The summed E-state index contributed by atoms with van der Waals surface area (Å²) in [5.74, 6) is 0.0430. The standard InChI is InChI=1S/C39H41N11O4/c40-38-45-39(48-50(38)33-20-18-30(46-47-33)26-9-4-3-5-10-26)43-27-16-14-25(15-17-27)23-42-34(51)13-6-1-2-7-22-41-31-12-8-11-28-29(31)24-49(37(28)54)32-19-21-35(52)44-36(32)53/h3-5,8-12,14-18,20,32,41H,1-2,6-7,13,19,21-24H2,(H,42,51)(H,44,52,53)(H3,40,43,45,48). The second-order valence-corrected chi connectivity index (χ2v) is 13.3. The fourth-order valence-corrected chi connectivity index (χ4v) is 6.61. The number of carbonyl (C=O) groups excluding carboxylic acids is 4. The van der Waals surface area contributed by atoms with Gasteiger partial charge in [-0.15, -0.1) is 15.3 Å². The summed E-state index contributed by atoms with van der Waals surface area (Å²) >= 11 is 0. The molecule has 3 aromatic carbocycles. The highest BCUT2D eigenvalue weighted by atomic mass is 16.2. The van der Waals surface area contributed by atoms with Gasteiger partial charge < -0.3 is 26.6 Å². The Morgan fingerprint density at radius 3 is 2.48 bits per heavy atom. The Bertz CT molecular complexity index is 2140. The number of piperidine rings is 1. The first-order valence-corrected chi connectivity index (χ1v) is 18.1. The van der Waals surface area contributed by atoms with Crippen molar-refractivity contribution in [2.24, 2.45) is 0 Å². The number of aromatic nitrogens is 5. The number of fused-ring (bicyclic) bond motifs is 1. The highest BCUT2D eigenvalue weighted by Crippen LogP contribution is 2.32. The highest BCUT2D eigenvalue weighted by Gasteiger charge is 2.39. The van der Waals surface area contributed by atoms with Crippen LogP contribution in [0.25, 0.3) is 17.1 Å². The molecule has 1 unspecified atom stereocenters. The fourth-order valence-electron chi connectivity index (χ4n) is 6.61. The van der Waals surface area contributed by atoms with E-state index in [4.69, 9.17) is 5.73 Å². The number of nitrogens with one attached hydrogen (secondary N) is 4. The predicted octanol–water partition coefficient (Wildman–Crippen LogP) is 4.49. The molecule has 4 heterocycles. The number of amides is 4. The Morgan fingerprint density at radius 2 is 1.70 bits per heavy atom. The summed E-state index contributed by atoms with van der Waals surface area (Å²) in [6, 6.07) is 26.0. The van der Waals surface area contributed by atoms with Crippen molar-refractivity contribution in [3.05, 3.63) is 102 Å². The van der Waals surface area contributed by atoms with Gasteiger partial charge in [0, 0.05) is 60.5 Å². The van der Waals surface area contributed by atoms with Gasteiger partial charge in [0.2, 0.25) is 29.6 Å². The number of nitrogens with two attached hydrogens (primary N) is 1. The van der Waals surface area contributed by atoms with E-state index >= 15 is 0 Å². The van der Waals surface area contributed by atoms with E-state index in [1.807, 2.05) is 72.8 Å². The van der Waals surface area contributed by atoms with Crippen molar-refractivity contribution in [2.45, 2.75) is 64.1 Å². The number of anilines is 4. The number of nitrogens with zero attached hydrogens (tertiary/aromatic N) is 6. The number of carbonyl (C=O) groups is 4. The molecule has 2 aromatic heterocycles. The maximum atomic E-state index is 13.1. The van der Waals surface area contributed by atoms with E-state index in [9.17, 15) is 19.2 Å². The van der Waals surface area contributed by atoms with Crippen LogP contribution < -0.4 is 27.0 Å². The molecule has 4 amide bonds. The molecule has 2 aliphatic rings. The summed E-state index contributed by atoms with van der Waals surface area (Å²) < 4.78 is 1.42. The maximum absolute atomic E-state index is 13.1. The summed E-state index contributed by atoms with van der Waals surface area (Å²) in [4.78, 5) is 55.3. The van der Waals surface area contributed by atoms with Gasteiger partial charge in [-0.25, -0.2) is 0 Å². The van der Waals surface area contributed by atoms with Crippen LogP contribution in [0.2, 0.25) is 0 Å². The number of rotatable bonds is 15. The van der Waals surface area contributed by atoms with Crippen molar-refractivity contribution in [2.75, 3.05) is 22.9 Å². The largest absolute Gasteiger partial charge is 0.385 e. The number of imide groups is 1. The van der Waals surface area contributed by atoms with Gasteiger partial charge in [0.05, 0.1) is 5.69 Å². The number of nitrogen functional groups attached to an aromatic ring is 1. The molecule has 7 rings (SSSR count). The molecule has 1 atom stereocenters. The van der Waals surface area contributed by atoms with Crippen molar-refractivity contribution >= 4 is 46.9 Å². The summed E-state index contributed by atoms with van der Waals surface area (Å²) in [7, 11) is 0. The predicted molar refractivity (Wildman–Crippen MR) is 202 cm³/mol. The Kier molecular flexibility index (Phi) is 10.8. The summed E-state index contributed by atoms with van der Waals surface area (Å²) in [5.41, 5.74) is 11.9. The smallest absolute Gasteiger partial charge is 0.255 e. The van der Waals surface area contributed by atoms with E-state index in [1.165, 1.54) is 4.68 Å². The second-order valence-electron chi connectivity index (χ2n) is 13.3. The van der Waals surface area contributed by atoms with Gasteiger partial charge in [0.25, 0.3) is 5.91 Å². The lowest BCUT2D eigenvalue weighted by Gasteiger charge is -2.29. The van der Waals surface area contributed by atoms with Crippen LogP contribution in [0.4, 0.5) is 23.3 Å². The van der Waals surface area contributed by atoms with Gasteiger partial charge in [0.1, 0.15) is 6.04 Å². The number of benzene rings is 3. The van der Waals surface area contributed by atoms with Gasteiger partial charge in [-0.2, -0.15) is 9.67 Å². The first-order valence-electron chi connectivity index (χ1n) is 18.1. The fraction of sp³-hybridized carbons (Fsp3) is 0.282. The van der Waals surface area contributed by atoms with Crippen molar-refractivity contribution in [3.8, 4) is 17.1 Å². The topological polar surface area (TPSA) is 202 Å². The third-order valence-electron chi connectivity index (χ3n) is 9.50. The molecule has 0 spiro atoms. The van der Waals surface area contributed by atoms with Crippen LogP contribution in [0.1, 0.15) is 66.4 Å².